The minimum Gasteiger partial charge on any atom is -0.382 e. The third-order valence-corrected chi connectivity index (χ3v) is 9.66. The third kappa shape index (κ3) is 4.54. The number of rotatable bonds is 5. The molecule has 44 heavy (non-hydrogen) atoms. The van der Waals surface area contributed by atoms with Crippen molar-refractivity contribution in [2.45, 2.75) is 48.6 Å². The molecule has 0 aliphatic carbocycles. The Hall–Kier alpha value is -4.92. The zero-order chi connectivity index (χ0) is 30.9. The van der Waals surface area contributed by atoms with Crippen molar-refractivity contribution in [1.29, 1.82) is 0 Å². The van der Waals surface area contributed by atoms with Crippen molar-refractivity contribution < 1.29 is 22.0 Å². The number of carbonyl (C=O) groups excluding carboxylic acids is 1. The molecule has 15 heteroatoms. The molecular weight excluding hydrogens is 592 g/mol. The number of anilines is 2. The number of benzene rings is 1. The summed E-state index contributed by atoms with van der Waals surface area (Å²) in [6.45, 7) is 0. The number of aromatic nitrogens is 6. The van der Waals surface area contributed by atoms with Crippen LogP contribution in [-0.4, -0.2) is 67.3 Å². The number of halogens is 2. The van der Waals surface area contributed by atoms with Gasteiger partial charge >= 0.3 is 0 Å². The quantitative estimate of drug-likeness (QED) is 0.265. The van der Waals surface area contributed by atoms with Gasteiger partial charge in [0.25, 0.3) is 5.91 Å². The minimum atomic E-state index is -3.82. The van der Waals surface area contributed by atoms with Crippen molar-refractivity contribution in [2.75, 3.05) is 17.7 Å². The molecule has 0 radical (unpaired) electrons. The van der Waals surface area contributed by atoms with Gasteiger partial charge in [0, 0.05) is 59.3 Å². The van der Waals surface area contributed by atoms with Gasteiger partial charge in [-0.2, -0.15) is 14.7 Å². The fourth-order valence-electron chi connectivity index (χ4n) is 6.61. The molecule has 0 unspecified atom stereocenters. The van der Waals surface area contributed by atoms with Gasteiger partial charge < -0.3 is 16.4 Å². The Bertz CT molecular complexity index is 2050. The van der Waals surface area contributed by atoms with Crippen LogP contribution in [0.1, 0.15) is 47.8 Å². The van der Waals surface area contributed by atoms with Crippen molar-refractivity contribution in [2.24, 2.45) is 0 Å². The summed E-state index contributed by atoms with van der Waals surface area (Å²) in [5.41, 5.74) is 14.8. The van der Waals surface area contributed by atoms with E-state index in [9.17, 15) is 22.0 Å². The molecule has 7 rings (SSSR count). The van der Waals surface area contributed by atoms with Crippen LogP contribution in [0.3, 0.4) is 0 Å². The second kappa shape index (κ2) is 10.1. The van der Waals surface area contributed by atoms with E-state index in [1.807, 2.05) is 4.90 Å². The zero-order valence-electron chi connectivity index (χ0n) is 23.4. The normalized spacial score (nSPS) is 20.0. The van der Waals surface area contributed by atoms with Crippen LogP contribution in [0, 0.1) is 11.6 Å². The van der Waals surface area contributed by atoms with Gasteiger partial charge in [-0.05, 0) is 43.9 Å². The number of amides is 1. The molecule has 2 bridgehead atoms. The molecule has 0 saturated carbocycles. The van der Waals surface area contributed by atoms with E-state index in [-0.39, 0.29) is 46.0 Å². The number of fused-ring (bicyclic) bond motifs is 3. The lowest BCUT2D eigenvalue weighted by molar-refractivity contribution is 0.0562. The average molecular weight is 620 g/mol. The van der Waals surface area contributed by atoms with Crippen LogP contribution in [0.5, 0.6) is 0 Å². The van der Waals surface area contributed by atoms with E-state index in [0.717, 1.165) is 31.2 Å². The first-order chi connectivity index (χ1) is 21.0. The number of hydrogen-bond acceptors (Lipinski definition) is 9. The molecule has 6 heterocycles. The lowest BCUT2D eigenvalue weighted by Crippen LogP contribution is -2.46. The van der Waals surface area contributed by atoms with Crippen LogP contribution >= 0.6 is 0 Å². The fraction of sp³-hybridized carbons (Fsp3) is 0.276. The molecular formula is C29H27F2N9O3S. The summed E-state index contributed by atoms with van der Waals surface area (Å²) < 4.78 is 55.2. The van der Waals surface area contributed by atoms with Crippen LogP contribution in [-0.2, 0) is 9.84 Å². The predicted octanol–water partition coefficient (Wildman–Crippen LogP) is 3.58. The van der Waals surface area contributed by atoms with Crippen molar-refractivity contribution in [1.82, 2.24) is 34.7 Å². The summed E-state index contributed by atoms with van der Waals surface area (Å²) in [6.07, 6.45) is 6.67. The molecule has 2 saturated heterocycles. The van der Waals surface area contributed by atoms with Crippen LogP contribution in [0.25, 0.3) is 28.0 Å². The van der Waals surface area contributed by atoms with E-state index in [2.05, 4.69) is 20.3 Å². The predicted molar refractivity (Wildman–Crippen MR) is 157 cm³/mol. The molecule has 4 aromatic heterocycles. The average Bonchev–Trinajstić information content (AvgIpc) is 3.67. The Morgan fingerprint density at radius 2 is 1.77 bits per heavy atom. The molecule has 2 aliphatic rings. The largest absolute Gasteiger partial charge is 0.382 e. The highest BCUT2D eigenvalue weighted by atomic mass is 32.2. The number of carbonyl (C=O) groups is 1. The van der Waals surface area contributed by atoms with Gasteiger partial charge in [-0.1, -0.05) is 6.07 Å². The Balaban J connectivity index is 1.27. The van der Waals surface area contributed by atoms with E-state index in [4.69, 9.17) is 16.5 Å². The second-order valence-electron chi connectivity index (χ2n) is 11.3. The van der Waals surface area contributed by atoms with Crippen LogP contribution in [0.4, 0.5) is 20.4 Å². The standard InChI is InChI=1S/C29H27F2N9O3S/c1-44(42,43)26-25(15-8-17-4-5-18(9-15)39(17)29(41)23-11-24(32)38-37-23)36-28-20(13-35-40(28)27(26)33)14-2-7-22(34-12-14)19-6-3-16(30)10-21(19)31/h2-3,6-7,10-13,15,17-18H,4-5,8-9,33H2,1H3,(H3,32,37,38)/t15-,17+,18-. The number of sulfone groups is 1. The summed E-state index contributed by atoms with van der Waals surface area (Å²) in [7, 11) is -3.82. The number of nitrogens with one attached hydrogen (secondary N) is 1. The lowest BCUT2D eigenvalue weighted by atomic mass is 9.87. The van der Waals surface area contributed by atoms with Crippen molar-refractivity contribution in [3.05, 3.63) is 71.8 Å². The number of piperidine rings is 1. The summed E-state index contributed by atoms with van der Waals surface area (Å²) in [4.78, 5) is 24.3. The summed E-state index contributed by atoms with van der Waals surface area (Å²) in [5, 5.41) is 10.9. The van der Waals surface area contributed by atoms with Crippen LogP contribution in [0.15, 0.2) is 53.7 Å². The van der Waals surface area contributed by atoms with Crippen LogP contribution < -0.4 is 11.5 Å². The van der Waals surface area contributed by atoms with E-state index < -0.39 is 21.5 Å². The molecule has 0 spiro atoms. The highest BCUT2D eigenvalue weighted by Crippen LogP contribution is 2.46. The van der Waals surface area contributed by atoms with Gasteiger partial charge in [-0.15, -0.1) is 0 Å². The van der Waals surface area contributed by atoms with E-state index in [1.165, 1.54) is 29.0 Å². The van der Waals surface area contributed by atoms with Gasteiger partial charge in [0.1, 0.15) is 33.9 Å². The highest BCUT2D eigenvalue weighted by molar-refractivity contribution is 7.91. The smallest absolute Gasteiger partial charge is 0.272 e. The molecule has 1 amide bonds. The molecule has 3 atom stereocenters. The van der Waals surface area contributed by atoms with Crippen molar-refractivity contribution in [3.63, 3.8) is 0 Å². The number of nitrogens with two attached hydrogens (primary N) is 2. The van der Waals surface area contributed by atoms with Gasteiger partial charge in [0.2, 0.25) is 0 Å². The number of aromatic amines is 1. The fourth-order valence-corrected chi connectivity index (χ4v) is 7.66. The van der Waals surface area contributed by atoms with Crippen LogP contribution in [0.2, 0.25) is 0 Å². The number of hydrogen-bond donors (Lipinski definition) is 3. The van der Waals surface area contributed by atoms with Crippen molar-refractivity contribution >= 4 is 33.0 Å². The molecule has 1 aromatic carbocycles. The Morgan fingerprint density at radius 1 is 1.02 bits per heavy atom. The SMILES string of the molecule is CS(=O)(=O)c1c([C@H]2C[C@H]3CC[C@@H](C2)N3C(=O)c2cc(N)n[nH]2)nc2c(-c3ccc(-c4ccc(F)cc4F)nc3)cnn2c1N. The first kappa shape index (κ1) is 27.9. The molecule has 5 aromatic rings. The maximum atomic E-state index is 14.3. The summed E-state index contributed by atoms with van der Waals surface area (Å²) >= 11 is 0. The first-order valence-corrected chi connectivity index (χ1v) is 15.8. The minimum absolute atomic E-state index is 0.0597. The maximum Gasteiger partial charge on any atom is 0.272 e. The number of nitrogens with zero attached hydrogens (tertiary/aromatic N) is 6. The number of nitrogen functional groups attached to an aromatic ring is 2. The first-order valence-electron chi connectivity index (χ1n) is 13.9. The van der Waals surface area contributed by atoms with Gasteiger partial charge in [-0.25, -0.2) is 22.2 Å². The maximum absolute atomic E-state index is 14.3. The Morgan fingerprint density at radius 3 is 2.39 bits per heavy atom. The Labute approximate surface area is 250 Å². The summed E-state index contributed by atoms with van der Waals surface area (Å²) in [6, 6.07) is 7.82. The second-order valence-corrected chi connectivity index (χ2v) is 13.3. The lowest BCUT2D eigenvalue weighted by Gasteiger charge is -2.39. The van der Waals surface area contributed by atoms with Gasteiger partial charge in [0.05, 0.1) is 17.6 Å². The molecule has 2 aliphatic heterocycles. The molecule has 226 valence electrons. The monoisotopic (exact) mass is 619 g/mol. The molecule has 5 N–H and O–H groups in total. The molecule has 2 fully saturated rings. The Kier molecular flexibility index (Phi) is 6.39. The third-order valence-electron chi connectivity index (χ3n) is 8.50. The van der Waals surface area contributed by atoms with Crippen molar-refractivity contribution in [3.8, 4) is 22.4 Å². The van der Waals surface area contributed by atoms with E-state index in [1.54, 1.807) is 12.1 Å². The van der Waals surface area contributed by atoms with E-state index in [0.29, 0.717) is 46.7 Å². The zero-order valence-corrected chi connectivity index (χ0v) is 24.2. The van der Waals surface area contributed by atoms with Gasteiger partial charge in [0.15, 0.2) is 15.5 Å². The molecule has 12 nitrogen and oxygen atoms in total. The van der Waals surface area contributed by atoms with Gasteiger partial charge in [-0.3, -0.25) is 14.9 Å². The summed E-state index contributed by atoms with van der Waals surface area (Å²) in [5.74, 6) is -1.73. The van der Waals surface area contributed by atoms with E-state index >= 15 is 0 Å². The topological polar surface area (TPSA) is 178 Å². The number of H-pyrrole nitrogens is 1. The number of pyridine rings is 1. The highest BCUT2D eigenvalue weighted by Gasteiger charge is 2.46.